The molecule has 1 aromatic carbocycles. The summed E-state index contributed by atoms with van der Waals surface area (Å²) in [6.45, 7) is 1.35. The van der Waals surface area contributed by atoms with Gasteiger partial charge in [0.25, 0.3) is 0 Å². The number of halogens is 1. The van der Waals surface area contributed by atoms with Crippen LogP contribution in [0.5, 0.6) is 0 Å². The molecule has 1 aromatic rings. The van der Waals surface area contributed by atoms with Crippen molar-refractivity contribution >= 4 is 22.2 Å². The Labute approximate surface area is 103 Å². The fourth-order valence-electron chi connectivity index (χ4n) is 1.94. The molecule has 90 valence electrons. The van der Waals surface area contributed by atoms with Crippen LogP contribution in [0.4, 0.5) is 0 Å². The van der Waals surface area contributed by atoms with E-state index < -0.39 is 9.84 Å². The van der Waals surface area contributed by atoms with E-state index in [4.69, 9.17) is 0 Å². The summed E-state index contributed by atoms with van der Waals surface area (Å²) in [5.74, 6) is 0.243. The number of rotatable bonds is 1. The van der Waals surface area contributed by atoms with E-state index in [1.54, 1.807) is 0 Å². The Morgan fingerprint density at radius 3 is 2.50 bits per heavy atom. The lowest BCUT2D eigenvalue weighted by Gasteiger charge is -2.14. The van der Waals surface area contributed by atoms with Gasteiger partial charge in [-0.2, -0.15) is 0 Å². The third kappa shape index (κ3) is 2.97. The maximum atomic E-state index is 12.0. The summed E-state index contributed by atoms with van der Waals surface area (Å²) in [5.41, 5.74) is 0.918. The highest BCUT2D eigenvalue weighted by atomic mass is 35.5. The Bertz CT molecular complexity index is 419. The molecule has 1 saturated heterocycles. The van der Waals surface area contributed by atoms with Gasteiger partial charge in [0.2, 0.25) is 0 Å². The second kappa shape index (κ2) is 5.66. The molecule has 0 aromatic heterocycles. The molecule has 0 bridgehead atoms. The fraction of sp³-hybridized carbons (Fsp3) is 0.455. The van der Waals surface area contributed by atoms with Crippen molar-refractivity contribution in [2.75, 3.05) is 18.8 Å². The summed E-state index contributed by atoms with van der Waals surface area (Å²) in [4.78, 5) is 0. The van der Waals surface area contributed by atoms with Gasteiger partial charge in [0.05, 0.1) is 11.0 Å². The number of nitrogens with one attached hydrogen (secondary N) is 1. The van der Waals surface area contributed by atoms with Gasteiger partial charge in [-0.3, -0.25) is 0 Å². The predicted octanol–water partition coefficient (Wildman–Crippen LogP) is 1.56. The van der Waals surface area contributed by atoms with Crippen LogP contribution in [0.15, 0.2) is 30.3 Å². The van der Waals surface area contributed by atoms with Gasteiger partial charge in [-0.05, 0) is 18.5 Å². The van der Waals surface area contributed by atoms with Crippen LogP contribution in [-0.4, -0.2) is 27.3 Å². The summed E-state index contributed by atoms with van der Waals surface area (Å²) >= 11 is 0. The van der Waals surface area contributed by atoms with Crippen LogP contribution in [0.2, 0.25) is 0 Å². The lowest BCUT2D eigenvalue weighted by atomic mass is 10.1. The molecule has 1 atom stereocenters. The van der Waals surface area contributed by atoms with Gasteiger partial charge >= 0.3 is 0 Å². The second-order valence-electron chi connectivity index (χ2n) is 3.80. The van der Waals surface area contributed by atoms with E-state index in [2.05, 4.69) is 5.32 Å². The van der Waals surface area contributed by atoms with E-state index in [9.17, 15) is 8.42 Å². The molecule has 1 fully saturated rings. The minimum Gasteiger partial charge on any atom is -0.316 e. The van der Waals surface area contributed by atoms with Crippen molar-refractivity contribution in [1.29, 1.82) is 0 Å². The van der Waals surface area contributed by atoms with E-state index in [1.807, 2.05) is 30.3 Å². The van der Waals surface area contributed by atoms with Crippen molar-refractivity contribution in [2.24, 2.45) is 0 Å². The first-order valence-electron chi connectivity index (χ1n) is 5.17. The van der Waals surface area contributed by atoms with Gasteiger partial charge in [-0.15, -0.1) is 12.4 Å². The topological polar surface area (TPSA) is 46.2 Å². The van der Waals surface area contributed by atoms with Gasteiger partial charge in [-0.1, -0.05) is 30.3 Å². The third-order valence-electron chi connectivity index (χ3n) is 2.75. The van der Waals surface area contributed by atoms with Crippen molar-refractivity contribution in [1.82, 2.24) is 5.32 Å². The number of benzene rings is 1. The van der Waals surface area contributed by atoms with Crippen molar-refractivity contribution < 1.29 is 8.42 Å². The molecule has 0 saturated carbocycles. The molecular weight excluding hydrogens is 246 g/mol. The van der Waals surface area contributed by atoms with E-state index in [1.165, 1.54) is 0 Å². The minimum absolute atomic E-state index is 0. The van der Waals surface area contributed by atoms with Crippen LogP contribution in [0, 0.1) is 0 Å². The van der Waals surface area contributed by atoms with Crippen molar-refractivity contribution in [2.45, 2.75) is 11.7 Å². The Hall–Kier alpha value is -0.580. The number of sulfone groups is 1. The lowest BCUT2D eigenvalue weighted by molar-refractivity contribution is 0.581. The predicted molar refractivity (Wildman–Crippen MR) is 67.7 cm³/mol. The van der Waals surface area contributed by atoms with Crippen molar-refractivity contribution in [3.63, 3.8) is 0 Å². The SMILES string of the molecule is Cl.O=S1(=O)CCNCCC1c1ccccc1. The quantitative estimate of drug-likeness (QED) is 0.835. The van der Waals surface area contributed by atoms with Crippen LogP contribution in [0.1, 0.15) is 17.2 Å². The van der Waals surface area contributed by atoms with E-state index in [-0.39, 0.29) is 23.4 Å². The molecule has 1 unspecified atom stereocenters. The first kappa shape index (κ1) is 13.5. The highest BCUT2D eigenvalue weighted by molar-refractivity contribution is 7.91. The first-order valence-corrected chi connectivity index (χ1v) is 6.89. The molecular formula is C11H16ClNO2S. The standard InChI is InChI=1S/C11H15NO2S.ClH/c13-15(14)9-8-12-7-6-11(15)10-4-2-1-3-5-10;/h1-5,11-12H,6-9H2;1H. The van der Waals surface area contributed by atoms with E-state index in [0.29, 0.717) is 13.0 Å². The Kier molecular flexibility index (Phi) is 4.77. The van der Waals surface area contributed by atoms with Gasteiger partial charge in [0.15, 0.2) is 9.84 Å². The molecule has 1 aliphatic rings. The fourth-order valence-corrected chi connectivity index (χ4v) is 3.70. The molecule has 1 N–H and O–H groups in total. The summed E-state index contributed by atoms with van der Waals surface area (Å²) in [5, 5.41) is 2.80. The maximum Gasteiger partial charge on any atom is 0.158 e. The van der Waals surface area contributed by atoms with Crippen LogP contribution < -0.4 is 5.32 Å². The molecule has 3 nitrogen and oxygen atoms in total. The third-order valence-corrected chi connectivity index (χ3v) is 4.90. The zero-order chi connectivity index (χ0) is 10.7. The summed E-state index contributed by atoms with van der Waals surface area (Å²) in [6, 6.07) is 9.48. The van der Waals surface area contributed by atoms with Gasteiger partial charge in [0, 0.05) is 6.54 Å². The number of hydrogen-bond donors (Lipinski definition) is 1. The molecule has 1 heterocycles. The number of hydrogen-bond acceptors (Lipinski definition) is 3. The van der Waals surface area contributed by atoms with Gasteiger partial charge in [0.1, 0.15) is 0 Å². The van der Waals surface area contributed by atoms with Crippen LogP contribution in [0.25, 0.3) is 0 Å². The maximum absolute atomic E-state index is 12.0. The van der Waals surface area contributed by atoms with Gasteiger partial charge in [-0.25, -0.2) is 8.42 Å². The molecule has 0 radical (unpaired) electrons. The molecule has 0 spiro atoms. The molecule has 0 aliphatic carbocycles. The van der Waals surface area contributed by atoms with Crippen molar-refractivity contribution in [3.8, 4) is 0 Å². The Morgan fingerprint density at radius 1 is 1.12 bits per heavy atom. The summed E-state index contributed by atoms with van der Waals surface area (Å²) in [7, 11) is -2.98. The lowest BCUT2D eigenvalue weighted by Crippen LogP contribution is -2.19. The minimum atomic E-state index is -2.98. The van der Waals surface area contributed by atoms with Gasteiger partial charge < -0.3 is 5.32 Å². The van der Waals surface area contributed by atoms with E-state index >= 15 is 0 Å². The molecule has 0 amide bonds. The van der Waals surface area contributed by atoms with Crippen LogP contribution >= 0.6 is 12.4 Å². The average Bonchev–Trinajstić information content (AvgIpc) is 2.40. The van der Waals surface area contributed by atoms with Crippen LogP contribution in [0.3, 0.4) is 0 Å². The first-order chi connectivity index (χ1) is 7.20. The zero-order valence-corrected chi connectivity index (χ0v) is 10.6. The zero-order valence-electron chi connectivity index (χ0n) is 8.93. The summed E-state index contributed by atoms with van der Waals surface area (Å²) in [6.07, 6.45) is 0.673. The largest absolute Gasteiger partial charge is 0.316 e. The highest BCUT2D eigenvalue weighted by Crippen LogP contribution is 2.27. The molecule has 2 rings (SSSR count). The van der Waals surface area contributed by atoms with Crippen LogP contribution in [-0.2, 0) is 9.84 Å². The van der Waals surface area contributed by atoms with E-state index in [0.717, 1.165) is 12.1 Å². The summed E-state index contributed by atoms with van der Waals surface area (Å²) < 4.78 is 23.9. The molecule has 1 aliphatic heterocycles. The Balaban J connectivity index is 0.00000128. The second-order valence-corrected chi connectivity index (χ2v) is 6.11. The monoisotopic (exact) mass is 261 g/mol. The molecule has 5 heteroatoms. The smallest absolute Gasteiger partial charge is 0.158 e. The highest BCUT2D eigenvalue weighted by Gasteiger charge is 2.28. The average molecular weight is 262 g/mol. The van der Waals surface area contributed by atoms with Crippen molar-refractivity contribution in [3.05, 3.63) is 35.9 Å². The normalized spacial score (nSPS) is 24.1. The molecule has 16 heavy (non-hydrogen) atoms. The Morgan fingerprint density at radius 2 is 1.81 bits per heavy atom.